The molecule has 0 radical (unpaired) electrons. The van der Waals surface area contributed by atoms with Crippen LogP contribution in [0.4, 0.5) is 5.69 Å². The lowest BCUT2D eigenvalue weighted by Crippen LogP contribution is -2.21. The first-order valence-corrected chi connectivity index (χ1v) is 6.26. The van der Waals surface area contributed by atoms with Crippen molar-refractivity contribution in [2.75, 3.05) is 26.3 Å². The lowest BCUT2D eigenvalue weighted by molar-refractivity contribution is -0.384. The third-order valence-corrected chi connectivity index (χ3v) is 2.59. The molecular weight excluding hydrogens is 232 g/mol. The van der Waals surface area contributed by atoms with E-state index in [2.05, 4.69) is 5.32 Å². The molecule has 0 atom stereocenters. The molecule has 0 spiro atoms. The Morgan fingerprint density at radius 1 is 1.28 bits per heavy atom. The number of hydrogen-bond donors (Lipinski definition) is 1. The molecule has 0 amide bonds. The van der Waals surface area contributed by atoms with Crippen molar-refractivity contribution in [3.8, 4) is 0 Å². The van der Waals surface area contributed by atoms with E-state index in [-0.39, 0.29) is 10.6 Å². The molecule has 5 heteroatoms. The van der Waals surface area contributed by atoms with E-state index >= 15 is 0 Å². The highest BCUT2D eigenvalue weighted by molar-refractivity contribution is 5.32. The van der Waals surface area contributed by atoms with Crippen LogP contribution in [0.1, 0.15) is 18.9 Å². The van der Waals surface area contributed by atoms with Crippen molar-refractivity contribution < 1.29 is 9.66 Å². The Balaban J connectivity index is 2.14. The molecule has 1 aromatic rings. The Bertz CT molecular complexity index is 352. The van der Waals surface area contributed by atoms with E-state index in [0.29, 0.717) is 0 Å². The van der Waals surface area contributed by atoms with Gasteiger partial charge in [-0.25, -0.2) is 0 Å². The molecule has 100 valence electrons. The van der Waals surface area contributed by atoms with Crippen LogP contribution in [0.2, 0.25) is 0 Å². The summed E-state index contributed by atoms with van der Waals surface area (Å²) in [5, 5.41) is 13.8. The highest BCUT2D eigenvalue weighted by atomic mass is 16.6. The summed E-state index contributed by atoms with van der Waals surface area (Å²) in [6.07, 6.45) is 1.95. The average molecular weight is 252 g/mol. The van der Waals surface area contributed by atoms with Crippen LogP contribution >= 0.6 is 0 Å². The number of benzene rings is 1. The molecule has 1 rings (SSSR count). The summed E-state index contributed by atoms with van der Waals surface area (Å²) in [4.78, 5) is 10.1. The molecule has 0 saturated carbocycles. The Morgan fingerprint density at radius 2 is 2.00 bits per heavy atom. The number of nitro groups is 1. The minimum Gasteiger partial charge on any atom is -0.380 e. The van der Waals surface area contributed by atoms with E-state index in [4.69, 9.17) is 4.74 Å². The summed E-state index contributed by atoms with van der Waals surface area (Å²) in [6, 6.07) is 6.74. The third-order valence-electron chi connectivity index (χ3n) is 2.59. The lowest BCUT2D eigenvalue weighted by Gasteiger charge is -2.05. The monoisotopic (exact) mass is 252 g/mol. The van der Waals surface area contributed by atoms with E-state index in [9.17, 15) is 10.1 Å². The molecule has 0 aromatic heterocycles. The van der Waals surface area contributed by atoms with Gasteiger partial charge in [-0.1, -0.05) is 12.1 Å². The van der Waals surface area contributed by atoms with E-state index < -0.39 is 0 Å². The maximum atomic E-state index is 10.5. The van der Waals surface area contributed by atoms with E-state index in [1.807, 2.05) is 19.1 Å². The van der Waals surface area contributed by atoms with Crippen LogP contribution in [-0.2, 0) is 11.2 Å². The summed E-state index contributed by atoms with van der Waals surface area (Å²) in [7, 11) is 0. The minimum absolute atomic E-state index is 0.147. The minimum atomic E-state index is -0.376. The van der Waals surface area contributed by atoms with Gasteiger partial charge in [-0.2, -0.15) is 0 Å². The zero-order valence-electron chi connectivity index (χ0n) is 10.7. The second-order valence-corrected chi connectivity index (χ2v) is 3.97. The fourth-order valence-electron chi connectivity index (χ4n) is 1.62. The first-order chi connectivity index (χ1) is 8.74. The molecule has 18 heavy (non-hydrogen) atoms. The van der Waals surface area contributed by atoms with Crippen LogP contribution in [0.3, 0.4) is 0 Å². The van der Waals surface area contributed by atoms with Gasteiger partial charge in [0, 0.05) is 25.3 Å². The van der Waals surface area contributed by atoms with Gasteiger partial charge in [0.05, 0.1) is 11.5 Å². The smallest absolute Gasteiger partial charge is 0.269 e. The Kier molecular flexibility index (Phi) is 6.98. The number of nitrogens with one attached hydrogen (secondary N) is 1. The quantitative estimate of drug-likeness (QED) is 0.415. The van der Waals surface area contributed by atoms with Crippen LogP contribution in [0.5, 0.6) is 0 Å². The first kappa shape index (κ1) is 14.6. The largest absolute Gasteiger partial charge is 0.380 e. The van der Waals surface area contributed by atoms with Crippen LogP contribution < -0.4 is 5.32 Å². The summed E-state index contributed by atoms with van der Waals surface area (Å²) >= 11 is 0. The second kappa shape index (κ2) is 8.60. The predicted molar refractivity (Wildman–Crippen MR) is 70.8 cm³/mol. The number of non-ortho nitro benzene ring substituents is 1. The molecule has 1 N–H and O–H groups in total. The third kappa shape index (κ3) is 5.75. The highest BCUT2D eigenvalue weighted by Gasteiger charge is 2.03. The molecule has 0 aliphatic heterocycles. The Morgan fingerprint density at radius 3 is 2.61 bits per heavy atom. The molecular formula is C13H20N2O3. The van der Waals surface area contributed by atoms with E-state index in [1.54, 1.807) is 12.1 Å². The molecule has 1 aromatic carbocycles. The van der Waals surface area contributed by atoms with Crippen LogP contribution in [0, 0.1) is 10.1 Å². The highest BCUT2D eigenvalue weighted by Crippen LogP contribution is 2.12. The van der Waals surface area contributed by atoms with Gasteiger partial charge in [-0.05, 0) is 31.9 Å². The molecule has 0 saturated heterocycles. The predicted octanol–water partition coefficient (Wildman–Crippen LogP) is 2.15. The molecule has 0 heterocycles. The number of nitrogens with zero attached hydrogens (tertiary/aromatic N) is 1. The Hall–Kier alpha value is -1.46. The van der Waals surface area contributed by atoms with Gasteiger partial charge in [0.2, 0.25) is 0 Å². The fourth-order valence-corrected chi connectivity index (χ4v) is 1.62. The van der Waals surface area contributed by atoms with Crippen molar-refractivity contribution in [1.29, 1.82) is 0 Å². The van der Waals surface area contributed by atoms with Crippen LogP contribution in [0.15, 0.2) is 24.3 Å². The second-order valence-electron chi connectivity index (χ2n) is 3.97. The lowest BCUT2D eigenvalue weighted by atomic mass is 10.1. The van der Waals surface area contributed by atoms with Gasteiger partial charge in [-0.3, -0.25) is 10.1 Å². The van der Waals surface area contributed by atoms with Crippen molar-refractivity contribution >= 4 is 5.69 Å². The van der Waals surface area contributed by atoms with Gasteiger partial charge < -0.3 is 10.1 Å². The molecule has 0 aliphatic carbocycles. The summed E-state index contributed by atoms with van der Waals surface area (Å²) in [6.45, 7) is 5.28. The van der Waals surface area contributed by atoms with Crippen molar-refractivity contribution in [1.82, 2.24) is 5.32 Å². The average Bonchev–Trinajstić information content (AvgIpc) is 2.38. The number of rotatable bonds is 9. The molecule has 0 fully saturated rings. The molecule has 0 bridgehead atoms. The summed E-state index contributed by atoms with van der Waals surface area (Å²) in [5.41, 5.74) is 1.28. The summed E-state index contributed by atoms with van der Waals surface area (Å²) < 4.78 is 5.21. The van der Waals surface area contributed by atoms with Crippen molar-refractivity contribution in [3.05, 3.63) is 39.9 Å². The van der Waals surface area contributed by atoms with Gasteiger partial charge in [0.1, 0.15) is 0 Å². The standard InChI is InChI=1S/C13H20N2O3/c1-2-18-11-10-14-9-3-4-12-5-7-13(8-6-12)15(16)17/h5-8,14H,2-4,9-11H2,1H3. The first-order valence-electron chi connectivity index (χ1n) is 6.26. The SMILES string of the molecule is CCOCCNCCCc1ccc([N+](=O)[O-])cc1. The van der Waals surface area contributed by atoms with Gasteiger partial charge >= 0.3 is 0 Å². The maximum absolute atomic E-state index is 10.5. The van der Waals surface area contributed by atoms with Crippen LogP contribution in [0.25, 0.3) is 0 Å². The van der Waals surface area contributed by atoms with Crippen molar-refractivity contribution in [2.45, 2.75) is 19.8 Å². The van der Waals surface area contributed by atoms with E-state index in [1.165, 1.54) is 0 Å². The molecule has 0 unspecified atom stereocenters. The van der Waals surface area contributed by atoms with Crippen molar-refractivity contribution in [2.24, 2.45) is 0 Å². The molecule has 0 aliphatic rings. The maximum Gasteiger partial charge on any atom is 0.269 e. The van der Waals surface area contributed by atoms with Gasteiger partial charge in [0.15, 0.2) is 0 Å². The number of aryl methyl sites for hydroxylation is 1. The normalized spacial score (nSPS) is 10.5. The topological polar surface area (TPSA) is 64.4 Å². The zero-order valence-corrected chi connectivity index (χ0v) is 10.7. The van der Waals surface area contributed by atoms with Gasteiger partial charge in [-0.15, -0.1) is 0 Å². The zero-order chi connectivity index (χ0) is 13.2. The van der Waals surface area contributed by atoms with E-state index in [0.717, 1.165) is 44.7 Å². The summed E-state index contributed by atoms with van der Waals surface area (Å²) in [5.74, 6) is 0. The van der Waals surface area contributed by atoms with Gasteiger partial charge in [0.25, 0.3) is 5.69 Å². The molecule has 5 nitrogen and oxygen atoms in total. The fraction of sp³-hybridized carbons (Fsp3) is 0.538. The Labute approximate surface area is 107 Å². The number of hydrogen-bond acceptors (Lipinski definition) is 4. The van der Waals surface area contributed by atoms with Crippen LogP contribution in [-0.4, -0.2) is 31.2 Å². The van der Waals surface area contributed by atoms with Crippen molar-refractivity contribution in [3.63, 3.8) is 0 Å². The number of ether oxygens (including phenoxy) is 1. The number of nitro benzene ring substituents is 1.